The number of thioether (sulfide) groups is 1. The van der Waals surface area contributed by atoms with Gasteiger partial charge in [-0.15, -0.1) is 12.4 Å². The van der Waals surface area contributed by atoms with E-state index in [4.69, 9.17) is 11.5 Å². The molecular weight excluding hydrogens is 285 g/mol. The molecule has 0 aliphatic carbocycles. The van der Waals surface area contributed by atoms with E-state index in [-0.39, 0.29) is 29.1 Å². The summed E-state index contributed by atoms with van der Waals surface area (Å²) < 4.78 is 37.0. The van der Waals surface area contributed by atoms with E-state index in [0.29, 0.717) is 24.9 Å². The molecule has 1 atom stereocenters. The van der Waals surface area contributed by atoms with Crippen LogP contribution in [0, 0.1) is 0 Å². The lowest BCUT2D eigenvalue weighted by Gasteiger charge is -2.16. The zero-order chi connectivity index (χ0) is 12.9. The van der Waals surface area contributed by atoms with Crippen LogP contribution in [0.2, 0.25) is 0 Å². The van der Waals surface area contributed by atoms with Crippen LogP contribution in [0.4, 0.5) is 13.2 Å². The molecule has 0 fully saturated rings. The molecule has 0 aromatic heterocycles. The van der Waals surface area contributed by atoms with Crippen LogP contribution in [0.1, 0.15) is 24.4 Å². The van der Waals surface area contributed by atoms with Crippen LogP contribution >= 0.6 is 24.2 Å². The SMILES string of the molecule is Cl.NCCC[C@@H](N)c1ccccc1SC(F)(F)F. The van der Waals surface area contributed by atoms with E-state index in [1.807, 2.05) is 0 Å². The average Bonchev–Trinajstić information content (AvgIpc) is 2.24. The summed E-state index contributed by atoms with van der Waals surface area (Å²) in [4.78, 5) is 0.171. The molecular formula is C11H16ClF3N2S. The van der Waals surface area contributed by atoms with Crippen molar-refractivity contribution < 1.29 is 13.2 Å². The Bertz CT molecular complexity index is 360. The van der Waals surface area contributed by atoms with E-state index in [0.717, 1.165) is 0 Å². The van der Waals surface area contributed by atoms with E-state index in [2.05, 4.69) is 0 Å². The van der Waals surface area contributed by atoms with Crippen molar-refractivity contribution in [2.45, 2.75) is 29.3 Å². The van der Waals surface area contributed by atoms with Gasteiger partial charge in [0.1, 0.15) is 0 Å². The minimum atomic E-state index is -4.29. The fourth-order valence-electron chi connectivity index (χ4n) is 1.50. The van der Waals surface area contributed by atoms with Gasteiger partial charge in [0.25, 0.3) is 0 Å². The maximum atomic E-state index is 12.3. The Hall–Kier alpha value is -0.430. The number of rotatable bonds is 5. The van der Waals surface area contributed by atoms with Crippen molar-refractivity contribution in [2.75, 3.05) is 6.54 Å². The van der Waals surface area contributed by atoms with Crippen LogP contribution < -0.4 is 11.5 Å². The minimum absolute atomic E-state index is 0. The second-order valence-corrected chi connectivity index (χ2v) is 4.73. The molecule has 7 heteroatoms. The second-order valence-electron chi connectivity index (χ2n) is 3.62. The van der Waals surface area contributed by atoms with Gasteiger partial charge in [0.15, 0.2) is 0 Å². The molecule has 0 heterocycles. The predicted molar refractivity (Wildman–Crippen MR) is 70.8 cm³/mol. The molecule has 0 saturated heterocycles. The highest BCUT2D eigenvalue weighted by Crippen LogP contribution is 2.40. The van der Waals surface area contributed by atoms with Crippen molar-refractivity contribution in [3.05, 3.63) is 29.8 Å². The summed E-state index contributed by atoms with van der Waals surface area (Å²) in [6.45, 7) is 0.488. The van der Waals surface area contributed by atoms with Crippen molar-refractivity contribution in [2.24, 2.45) is 11.5 Å². The van der Waals surface area contributed by atoms with Crippen LogP contribution in [0.25, 0.3) is 0 Å². The highest BCUT2D eigenvalue weighted by atomic mass is 35.5. The first-order valence-corrected chi connectivity index (χ1v) is 6.06. The summed E-state index contributed by atoms with van der Waals surface area (Å²) >= 11 is -0.122. The molecule has 0 unspecified atom stereocenters. The van der Waals surface area contributed by atoms with Gasteiger partial charge in [0.05, 0.1) is 0 Å². The van der Waals surface area contributed by atoms with Crippen LogP contribution in [-0.4, -0.2) is 12.1 Å². The molecule has 0 spiro atoms. The molecule has 1 rings (SSSR count). The van der Waals surface area contributed by atoms with Crippen molar-refractivity contribution in [1.82, 2.24) is 0 Å². The third-order valence-electron chi connectivity index (χ3n) is 2.26. The fourth-order valence-corrected chi connectivity index (χ4v) is 2.23. The highest BCUT2D eigenvalue weighted by molar-refractivity contribution is 8.00. The van der Waals surface area contributed by atoms with E-state index in [1.54, 1.807) is 18.2 Å². The summed E-state index contributed by atoms with van der Waals surface area (Å²) in [5.41, 5.74) is 7.46. The zero-order valence-corrected chi connectivity index (χ0v) is 11.2. The van der Waals surface area contributed by atoms with Crippen LogP contribution in [-0.2, 0) is 0 Å². The maximum absolute atomic E-state index is 12.3. The van der Waals surface area contributed by atoms with Gasteiger partial charge >= 0.3 is 5.51 Å². The lowest BCUT2D eigenvalue weighted by atomic mass is 10.0. The van der Waals surface area contributed by atoms with Gasteiger partial charge < -0.3 is 11.5 Å². The number of hydrogen-bond donors (Lipinski definition) is 2. The number of benzene rings is 1. The Labute approximate surface area is 115 Å². The normalized spacial score (nSPS) is 12.9. The number of alkyl halides is 3. The second kappa shape index (κ2) is 7.89. The third-order valence-corrected chi connectivity index (χ3v) is 3.09. The Morgan fingerprint density at radius 2 is 1.83 bits per heavy atom. The first kappa shape index (κ1) is 17.6. The maximum Gasteiger partial charge on any atom is 0.446 e. The minimum Gasteiger partial charge on any atom is -0.330 e. The van der Waals surface area contributed by atoms with E-state index in [9.17, 15) is 13.2 Å². The largest absolute Gasteiger partial charge is 0.446 e. The quantitative estimate of drug-likeness (QED) is 0.819. The molecule has 0 saturated carbocycles. The van der Waals surface area contributed by atoms with Crippen molar-refractivity contribution in [3.63, 3.8) is 0 Å². The molecule has 0 aliphatic rings. The molecule has 1 aromatic rings. The fraction of sp³-hybridized carbons (Fsp3) is 0.455. The summed E-state index contributed by atoms with van der Waals surface area (Å²) in [5.74, 6) is 0. The Morgan fingerprint density at radius 3 is 2.39 bits per heavy atom. The van der Waals surface area contributed by atoms with Crippen LogP contribution in [0.5, 0.6) is 0 Å². The van der Waals surface area contributed by atoms with Gasteiger partial charge in [-0.3, -0.25) is 0 Å². The number of nitrogens with two attached hydrogens (primary N) is 2. The van der Waals surface area contributed by atoms with E-state index < -0.39 is 11.6 Å². The smallest absolute Gasteiger partial charge is 0.330 e. The first-order valence-electron chi connectivity index (χ1n) is 5.24. The van der Waals surface area contributed by atoms with Gasteiger partial charge in [-0.2, -0.15) is 13.2 Å². The molecule has 2 nitrogen and oxygen atoms in total. The number of hydrogen-bond acceptors (Lipinski definition) is 3. The lowest BCUT2D eigenvalue weighted by Crippen LogP contribution is -2.14. The molecule has 0 aliphatic heterocycles. The molecule has 18 heavy (non-hydrogen) atoms. The monoisotopic (exact) mass is 300 g/mol. The number of halogens is 4. The van der Waals surface area contributed by atoms with Gasteiger partial charge in [-0.25, -0.2) is 0 Å². The van der Waals surface area contributed by atoms with Crippen LogP contribution in [0.3, 0.4) is 0 Å². The summed E-state index contributed by atoms with van der Waals surface area (Å²) in [6.07, 6.45) is 1.29. The van der Waals surface area contributed by atoms with Crippen molar-refractivity contribution >= 4 is 24.2 Å². The van der Waals surface area contributed by atoms with E-state index in [1.165, 1.54) is 6.07 Å². The van der Waals surface area contributed by atoms with Crippen LogP contribution in [0.15, 0.2) is 29.2 Å². The van der Waals surface area contributed by atoms with E-state index >= 15 is 0 Å². The van der Waals surface area contributed by atoms with Gasteiger partial charge in [0.2, 0.25) is 0 Å². The average molecular weight is 301 g/mol. The lowest BCUT2D eigenvalue weighted by molar-refractivity contribution is -0.0328. The molecule has 4 N–H and O–H groups in total. The standard InChI is InChI=1S/C11H15F3N2S.ClH/c12-11(13,14)17-10-6-2-1-4-8(10)9(16)5-3-7-15;/h1-2,4,6,9H,3,5,7,15-16H2;1H/t9-;/m1./s1. The molecule has 0 radical (unpaired) electrons. The van der Waals surface area contributed by atoms with Gasteiger partial charge in [0, 0.05) is 10.9 Å². The van der Waals surface area contributed by atoms with Crippen molar-refractivity contribution in [1.29, 1.82) is 0 Å². The molecule has 104 valence electrons. The Kier molecular flexibility index (Phi) is 7.70. The van der Waals surface area contributed by atoms with Gasteiger partial charge in [-0.05, 0) is 42.8 Å². The Balaban J connectivity index is 0.00000289. The first-order chi connectivity index (χ1) is 7.94. The molecule has 1 aromatic carbocycles. The van der Waals surface area contributed by atoms with Crippen molar-refractivity contribution in [3.8, 4) is 0 Å². The van der Waals surface area contributed by atoms with Gasteiger partial charge in [-0.1, -0.05) is 18.2 Å². The predicted octanol–water partition coefficient (Wildman–Crippen LogP) is 3.46. The molecule has 0 bridgehead atoms. The summed E-state index contributed by atoms with van der Waals surface area (Å²) in [6, 6.07) is 5.95. The zero-order valence-electron chi connectivity index (χ0n) is 9.61. The Morgan fingerprint density at radius 1 is 1.22 bits per heavy atom. The summed E-state index contributed by atoms with van der Waals surface area (Å²) in [5, 5.41) is 0. The third kappa shape index (κ3) is 5.95. The highest BCUT2D eigenvalue weighted by Gasteiger charge is 2.30. The summed E-state index contributed by atoms with van der Waals surface area (Å²) in [7, 11) is 0. The molecule has 0 amide bonds. The topological polar surface area (TPSA) is 52.0 Å².